The highest BCUT2D eigenvalue weighted by Crippen LogP contribution is 2.12. The Morgan fingerprint density at radius 1 is 1.26 bits per heavy atom. The van der Waals surface area contributed by atoms with E-state index < -0.39 is 4.92 Å². The number of nitro groups is 1. The summed E-state index contributed by atoms with van der Waals surface area (Å²) in [6, 6.07) is 8.20. The number of hydrogen-bond acceptors (Lipinski definition) is 5. The minimum absolute atomic E-state index is 0.0966. The highest BCUT2D eigenvalue weighted by atomic mass is 35.5. The molecule has 0 unspecified atom stereocenters. The molecule has 2 rings (SSSR count). The first-order chi connectivity index (χ1) is 9.15. The van der Waals surface area contributed by atoms with Crippen LogP contribution in [0.5, 0.6) is 0 Å². The lowest BCUT2D eigenvalue weighted by Crippen LogP contribution is -2.06. The SMILES string of the molecule is O=[N+]([O-])c1ccc(CCNc2ccnc(Cl)n2)cc1. The van der Waals surface area contributed by atoms with Gasteiger partial charge < -0.3 is 5.32 Å². The van der Waals surface area contributed by atoms with Gasteiger partial charge in [0.2, 0.25) is 5.28 Å². The zero-order chi connectivity index (χ0) is 13.7. The average molecular weight is 279 g/mol. The summed E-state index contributed by atoms with van der Waals surface area (Å²) in [6.45, 7) is 0.658. The zero-order valence-electron chi connectivity index (χ0n) is 9.91. The van der Waals surface area contributed by atoms with Crippen LogP contribution >= 0.6 is 11.6 Å². The number of non-ortho nitro benzene ring substituents is 1. The molecule has 0 aliphatic heterocycles. The number of benzene rings is 1. The van der Waals surface area contributed by atoms with Gasteiger partial charge in [-0.05, 0) is 29.7 Å². The van der Waals surface area contributed by atoms with E-state index >= 15 is 0 Å². The molecule has 0 atom stereocenters. The Labute approximate surface area is 114 Å². The van der Waals surface area contributed by atoms with Crippen molar-refractivity contribution in [1.82, 2.24) is 9.97 Å². The number of aromatic nitrogens is 2. The van der Waals surface area contributed by atoms with Crippen LogP contribution in [0.3, 0.4) is 0 Å². The lowest BCUT2D eigenvalue weighted by Gasteiger charge is -2.05. The van der Waals surface area contributed by atoms with Gasteiger partial charge in [-0.15, -0.1) is 0 Å². The Morgan fingerprint density at radius 3 is 2.63 bits per heavy atom. The van der Waals surface area contributed by atoms with Crippen LogP contribution < -0.4 is 5.32 Å². The molecule has 0 aliphatic rings. The third-order valence-corrected chi connectivity index (χ3v) is 2.68. The van der Waals surface area contributed by atoms with Gasteiger partial charge in [0, 0.05) is 24.9 Å². The standard InChI is InChI=1S/C12H11ClN4O2/c13-12-15-8-6-11(16-12)14-7-5-9-1-3-10(4-2-9)17(18)19/h1-4,6,8H,5,7H2,(H,14,15,16). The third-order valence-electron chi connectivity index (χ3n) is 2.49. The number of hydrogen-bond donors (Lipinski definition) is 1. The van der Waals surface area contributed by atoms with E-state index in [2.05, 4.69) is 15.3 Å². The largest absolute Gasteiger partial charge is 0.370 e. The van der Waals surface area contributed by atoms with Crippen LogP contribution in [-0.4, -0.2) is 21.4 Å². The molecule has 6 nitrogen and oxygen atoms in total. The lowest BCUT2D eigenvalue weighted by atomic mass is 10.1. The van der Waals surface area contributed by atoms with Crippen molar-refractivity contribution in [2.45, 2.75) is 6.42 Å². The van der Waals surface area contributed by atoms with Gasteiger partial charge in [-0.25, -0.2) is 9.97 Å². The Balaban J connectivity index is 1.87. The van der Waals surface area contributed by atoms with Gasteiger partial charge in [-0.1, -0.05) is 12.1 Å². The molecule has 2 aromatic rings. The number of nitrogens with one attached hydrogen (secondary N) is 1. The number of nitro benzene ring substituents is 1. The summed E-state index contributed by atoms with van der Waals surface area (Å²) in [5.41, 5.74) is 1.11. The van der Waals surface area contributed by atoms with E-state index in [0.29, 0.717) is 12.4 Å². The van der Waals surface area contributed by atoms with Crippen molar-refractivity contribution in [3.63, 3.8) is 0 Å². The summed E-state index contributed by atoms with van der Waals surface area (Å²) in [6.07, 6.45) is 2.31. The minimum Gasteiger partial charge on any atom is -0.370 e. The molecule has 0 fully saturated rings. The first-order valence-electron chi connectivity index (χ1n) is 5.61. The normalized spacial score (nSPS) is 10.2. The molecule has 98 valence electrons. The van der Waals surface area contributed by atoms with Crippen molar-refractivity contribution >= 4 is 23.1 Å². The van der Waals surface area contributed by atoms with E-state index in [0.717, 1.165) is 12.0 Å². The Kier molecular flexibility index (Phi) is 4.25. The van der Waals surface area contributed by atoms with E-state index in [1.165, 1.54) is 12.1 Å². The lowest BCUT2D eigenvalue weighted by molar-refractivity contribution is -0.384. The van der Waals surface area contributed by atoms with Crippen LogP contribution in [0.4, 0.5) is 11.5 Å². The highest BCUT2D eigenvalue weighted by Gasteiger charge is 2.03. The Hall–Kier alpha value is -2.21. The van der Waals surface area contributed by atoms with Gasteiger partial charge in [0.15, 0.2) is 0 Å². The monoisotopic (exact) mass is 278 g/mol. The molecule has 0 radical (unpaired) electrons. The van der Waals surface area contributed by atoms with Gasteiger partial charge >= 0.3 is 0 Å². The summed E-state index contributed by atoms with van der Waals surface area (Å²) >= 11 is 5.66. The second kappa shape index (κ2) is 6.10. The van der Waals surface area contributed by atoms with Crippen molar-refractivity contribution in [2.75, 3.05) is 11.9 Å². The summed E-state index contributed by atoms with van der Waals surface area (Å²) in [5, 5.41) is 13.8. The Morgan fingerprint density at radius 2 is 2.00 bits per heavy atom. The summed E-state index contributed by atoms with van der Waals surface area (Å²) in [4.78, 5) is 17.9. The molecule has 0 spiro atoms. The second-order valence-corrected chi connectivity index (χ2v) is 4.15. The van der Waals surface area contributed by atoms with Crippen LogP contribution in [0.15, 0.2) is 36.5 Å². The van der Waals surface area contributed by atoms with E-state index in [4.69, 9.17) is 11.6 Å². The smallest absolute Gasteiger partial charge is 0.269 e. The predicted molar refractivity (Wildman–Crippen MR) is 72.3 cm³/mol. The van der Waals surface area contributed by atoms with Crippen molar-refractivity contribution in [1.29, 1.82) is 0 Å². The molecule has 0 amide bonds. The fraction of sp³-hybridized carbons (Fsp3) is 0.167. The van der Waals surface area contributed by atoms with Crippen LogP contribution in [0.1, 0.15) is 5.56 Å². The topological polar surface area (TPSA) is 81.0 Å². The first-order valence-corrected chi connectivity index (χ1v) is 5.99. The molecule has 7 heteroatoms. The van der Waals surface area contributed by atoms with E-state index in [-0.39, 0.29) is 11.0 Å². The van der Waals surface area contributed by atoms with Crippen LogP contribution in [0.25, 0.3) is 0 Å². The molecular weight excluding hydrogens is 268 g/mol. The molecule has 0 aliphatic carbocycles. The quantitative estimate of drug-likeness (QED) is 0.517. The van der Waals surface area contributed by atoms with Crippen molar-refractivity contribution in [3.05, 3.63) is 57.5 Å². The Bertz CT molecular complexity index is 574. The van der Waals surface area contributed by atoms with Gasteiger partial charge in [0.25, 0.3) is 5.69 Å². The van der Waals surface area contributed by atoms with Gasteiger partial charge in [-0.3, -0.25) is 10.1 Å². The molecule has 1 heterocycles. The fourth-order valence-electron chi connectivity index (χ4n) is 1.55. The molecule has 19 heavy (non-hydrogen) atoms. The molecule has 1 N–H and O–H groups in total. The molecule has 1 aromatic carbocycles. The molecule has 1 aromatic heterocycles. The molecular formula is C12H11ClN4O2. The number of rotatable bonds is 5. The summed E-state index contributed by atoms with van der Waals surface area (Å²) in [7, 11) is 0. The van der Waals surface area contributed by atoms with Gasteiger partial charge in [0.1, 0.15) is 5.82 Å². The van der Waals surface area contributed by atoms with Crippen LogP contribution in [0, 0.1) is 10.1 Å². The predicted octanol–water partition coefficient (Wildman–Crippen LogP) is 2.69. The number of halogens is 1. The maximum Gasteiger partial charge on any atom is 0.269 e. The summed E-state index contributed by atoms with van der Waals surface area (Å²) in [5.74, 6) is 0.655. The summed E-state index contributed by atoms with van der Waals surface area (Å²) < 4.78 is 0. The van der Waals surface area contributed by atoms with Crippen LogP contribution in [0.2, 0.25) is 5.28 Å². The highest BCUT2D eigenvalue weighted by molar-refractivity contribution is 6.28. The second-order valence-electron chi connectivity index (χ2n) is 3.81. The van der Waals surface area contributed by atoms with Gasteiger partial charge in [0.05, 0.1) is 4.92 Å². The fourth-order valence-corrected chi connectivity index (χ4v) is 1.70. The van der Waals surface area contributed by atoms with E-state index in [1.807, 2.05) is 0 Å². The molecule has 0 bridgehead atoms. The van der Waals surface area contributed by atoms with Crippen molar-refractivity contribution < 1.29 is 4.92 Å². The maximum absolute atomic E-state index is 10.5. The van der Waals surface area contributed by atoms with E-state index in [1.54, 1.807) is 24.4 Å². The number of nitrogens with zero attached hydrogens (tertiary/aromatic N) is 3. The molecule has 0 saturated heterocycles. The molecule has 0 saturated carbocycles. The van der Waals surface area contributed by atoms with Crippen molar-refractivity contribution in [3.8, 4) is 0 Å². The van der Waals surface area contributed by atoms with Gasteiger partial charge in [-0.2, -0.15) is 0 Å². The average Bonchev–Trinajstić information content (AvgIpc) is 2.39. The van der Waals surface area contributed by atoms with Crippen molar-refractivity contribution in [2.24, 2.45) is 0 Å². The van der Waals surface area contributed by atoms with Crippen LogP contribution in [-0.2, 0) is 6.42 Å². The zero-order valence-corrected chi connectivity index (χ0v) is 10.7. The van der Waals surface area contributed by atoms with E-state index in [9.17, 15) is 10.1 Å². The minimum atomic E-state index is -0.412. The number of anilines is 1. The third kappa shape index (κ3) is 3.89. The first kappa shape index (κ1) is 13.2. The maximum atomic E-state index is 10.5.